The summed E-state index contributed by atoms with van der Waals surface area (Å²) in [7, 11) is 0. The van der Waals surface area contributed by atoms with Crippen molar-refractivity contribution in [1.82, 2.24) is 0 Å². The van der Waals surface area contributed by atoms with Crippen LogP contribution in [0.3, 0.4) is 0 Å². The topological polar surface area (TPSA) is 38.3 Å². The molecule has 0 spiro atoms. The number of carbonyl (C=O) groups is 1. The van der Waals surface area contributed by atoms with Crippen molar-refractivity contribution in [2.45, 2.75) is 44.9 Å². The summed E-state index contributed by atoms with van der Waals surface area (Å²) in [6, 6.07) is 5.93. The predicted octanol–water partition coefficient (Wildman–Crippen LogP) is 3.53. The highest BCUT2D eigenvalue weighted by Crippen LogP contribution is 2.29. The number of ether oxygens (including phenoxy) is 1. The van der Waals surface area contributed by atoms with E-state index in [2.05, 4.69) is 5.32 Å². The Morgan fingerprint density at radius 2 is 2.11 bits per heavy atom. The van der Waals surface area contributed by atoms with Crippen LogP contribution in [0.4, 0.5) is 5.69 Å². The third kappa shape index (κ3) is 3.09. The van der Waals surface area contributed by atoms with Crippen molar-refractivity contribution in [2.24, 2.45) is 5.92 Å². The molecule has 0 atom stereocenters. The molecule has 0 bridgehead atoms. The second-order valence-electron chi connectivity index (χ2n) is 5.68. The van der Waals surface area contributed by atoms with Gasteiger partial charge in [-0.1, -0.05) is 19.3 Å². The maximum absolute atomic E-state index is 12.0. The summed E-state index contributed by atoms with van der Waals surface area (Å²) in [5.74, 6) is 1.71. The predicted molar refractivity (Wildman–Crippen MR) is 75.5 cm³/mol. The highest BCUT2D eigenvalue weighted by atomic mass is 16.5. The Balaban J connectivity index is 1.56. The maximum atomic E-state index is 12.0. The lowest BCUT2D eigenvalue weighted by Gasteiger charge is -2.20. The van der Waals surface area contributed by atoms with Crippen LogP contribution in [-0.2, 0) is 11.2 Å². The smallest absolute Gasteiger partial charge is 0.224 e. The highest BCUT2D eigenvalue weighted by Gasteiger charge is 2.18. The van der Waals surface area contributed by atoms with E-state index in [1.807, 2.05) is 18.2 Å². The molecule has 0 saturated heterocycles. The van der Waals surface area contributed by atoms with E-state index in [9.17, 15) is 4.79 Å². The van der Waals surface area contributed by atoms with Crippen molar-refractivity contribution in [3.8, 4) is 5.75 Å². The molecule has 3 nitrogen and oxygen atoms in total. The van der Waals surface area contributed by atoms with Gasteiger partial charge in [0.2, 0.25) is 5.91 Å². The van der Waals surface area contributed by atoms with Gasteiger partial charge in [-0.3, -0.25) is 4.79 Å². The summed E-state index contributed by atoms with van der Waals surface area (Å²) >= 11 is 0. The molecular weight excluding hydrogens is 238 g/mol. The quantitative estimate of drug-likeness (QED) is 0.901. The minimum atomic E-state index is 0.158. The summed E-state index contributed by atoms with van der Waals surface area (Å²) < 4.78 is 5.47. The van der Waals surface area contributed by atoms with Crippen LogP contribution < -0.4 is 10.1 Å². The van der Waals surface area contributed by atoms with Crippen molar-refractivity contribution >= 4 is 11.6 Å². The molecule has 2 aliphatic rings. The van der Waals surface area contributed by atoms with E-state index in [0.29, 0.717) is 12.3 Å². The fraction of sp³-hybridized carbons (Fsp3) is 0.562. The molecule has 19 heavy (non-hydrogen) atoms. The fourth-order valence-electron chi connectivity index (χ4n) is 3.13. The number of rotatable bonds is 3. The van der Waals surface area contributed by atoms with Gasteiger partial charge in [0.05, 0.1) is 6.61 Å². The van der Waals surface area contributed by atoms with Gasteiger partial charge in [0.25, 0.3) is 0 Å². The van der Waals surface area contributed by atoms with E-state index < -0.39 is 0 Å². The Hall–Kier alpha value is -1.51. The number of fused-ring (bicyclic) bond motifs is 1. The van der Waals surface area contributed by atoms with Crippen LogP contribution in [0.15, 0.2) is 18.2 Å². The highest BCUT2D eigenvalue weighted by molar-refractivity contribution is 5.91. The van der Waals surface area contributed by atoms with E-state index in [4.69, 9.17) is 4.74 Å². The van der Waals surface area contributed by atoms with Crippen molar-refractivity contribution in [2.75, 3.05) is 11.9 Å². The minimum absolute atomic E-state index is 0.158. The van der Waals surface area contributed by atoms with Gasteiger partial charge in [-0.2, -0.15) is 0 Å². The van der Waals surface area contributed by atoms with E-state index in [1.54, 1.807) is 0 Å². The molecule has 0 aromatic heterocycles. The van der Waals surface area contributed by atoms with Crippen molar-refractivity contribution in [1.29, 1.82) is 0 Å². The third-order valence-electron chi connectivity index (χ3n) is 4.17. The Morgan fingerprint density at radius 3 is 2.95 bits per heavy atom. The SMILES string of the molecule is O=C(CC1CCCCC1)Nc1ccc2c(c1)CCO2. The number of nitrogens with one attached hydrogen (secondary N) is 1. The van der Waals surface area contributed by atoms with Crippen molar-refractivity contribution in [3.63, 3.8) is 0 Å². The third-order valence-corrected chi connectivity index (χ3v) is 4.17. The number of hydrogen-bond acceptors (Lipinski definition) is 2. The molecule has 1 aliphatic heterocycles. The normalized spacial score (nSPS) is 18.7. The molecule has 3 rings (SSSR count). The van der Waals surface area contributed by atoms with Crippen LogP contribution in [0.1, 0.15) is 44.1 Å². The van der Waals surface area contributed by atoms with E-state index in [-0.39, 0.29) is 5.91 Å². The van der Waals surface area contributed by atoms with Gasteiger partial charge in [-0.25, -0.2) is 0 Å². The molecule has 0 unspecified atom stereocenters. The van der Waals surface area contributed by atoms with Crippen molar-refractivity contribution < 1.29 is 9.53 Å². The molecule has 1 aromatic carbocycles. The maximum Gasteiger partial charge on any atom is 0.224 e. The van der Waals surface area contributed by atoms with E-state index in [1.165, 1.54) is 37.7 Å². The summed E-state index contributed by atoms with van der Waals surface area (Å²) in [4.78, 5) is 12.0. The van der Waals surface area contributed by atoms with Gasteiger partial charge in [0.1, 0.15) is 5.75 Å². The second-order valence-corrected chi connectivity index (χ2v) is 5.68. The largest absolute Gasteiger partial charge is 0.493 e. The lowest BCUT2D eigenvalue weighted by Crippen LogP contribution is -2.18. The molecule has 102 valence electrons. The number of anilines is 1. The van der Waals surface area contributed by atoms with Crippen LogP contribution in [0.2, 0.25) is 0 Å². The first-order valence-electron chi connectivity index (χ1n) is 7.37. The van der Waals surface area contributed by atoms with Crippen LogP contribution >= 0.6 is 0 Å². The Kier molecular flexibility index (Phi) is 3.72. The zero-order valence-corrected chi connectivity index (χ0v) is 11.3. The number of benzene rings is 1. The summed E-state index contributed by atoms with van der Waals surface area (Å²) in [6.45, 7) is 0.759. The Bertz CT molecular complexity index is 464. The first kappa shape index (κ1) is 12.5. The summed E-state index contributed by atoms with van der Waals surface area (Å²) in [5, 5.41) is 3.02. The lowest BCUT2D eigenvalue weighted by molar-refractivity contribution is -0.117. The first-order chi connectivity index (χ1) is 9.31. The standard InChI is InChI=1S/C16H21NO2/c18-16(10-12-4-2-1-3-5-12)17-14-6-7-15-13(11-14)8-9-19-15/h6-7,11-12H,1-5,8-10H2,(H,17,18). The van der Waals surface area contributed by atoms with Crippen LogP contribution in [-0.4, -0.2) is 12.5 Å². The molecule has 1 aromatic rings. The molecule has 1 N–H and O–H groups in total. The fourth-order valence-corrected chi connectivity index (χ4v) is 3.13. The Morgan fingerprint density at radius 1 is 1.26 bits per heavy atom. The van der Waals surface area contributed by atoms with Crippen LogP contribution in [0.25, 0.3) is 0 Å². The number of amides is 1. The van der Waals surface area contributed by atoms with Gasteiger partial charge < -0.3 is 10.1 Å². The molecule has 0 radical (unpaired) electrons. The molecular formula is C16H21NO2. The van der Waals surface area contributed by atoms with Gasteiger partial charge in [0, 0.05) is 18.5 Å². The van der Waals surface area contributed by atoms with Gasteiger partial charge in [0.15, 0.2) is 0 Å². The summed E-state index contributed by atoms with van der Waals surface area (Å²) in [6.07, 6.45) is 7.96. The van der Waals surface area contributed by atoms with Crippen molar-refractivity contribution in [3.05, 3.63) is 23.8 Å². The van der Waals surface area contributed by atoms with E-state index >= 15 is 0 Å². The number of hydrogen-bond donors (Lipinski definition) is 1. The molecule has 1 saturated carbocycles. The summed E-state index contributed by atoms with van der Waals surface area (Å²) in [5.41, 5.74) is 2.11. The van der Waals surface area contributed by atoms with Crippen LogP contribution in [0, 0.1) is 5.92 Å². The first-order valence-corrected chi connectivity index (χ1v) is 7.37. The molecule has 1 amide bonds. The molecule has 3 heteroatoms. The molecule has 1 heterocycles. The van der Waals surface area contributed by atoms with Gasteiger partial charge in [-0.05, 0) is 42.5 Å². The monoisotopic (exact) mass is 259 g/mol. The van der Waals surface area contributed by atoms with Gasteiger partial charge >= 0.3 is 0 Å². The van der Waals surface area contributed by atoms with Gasteiger partial charge in [-0.15, -0.1) is 0 Å². The average Bonchev–Trinajstić information content (AvgIpc) is 2.87. The lowest BCUT2D eigenvalue weighted by atomic mass is 9.87. The average molecular weight is 259 g/mol. The molecule has 1 aliphatic carbocycles. The zero-order chi connectivity index (χ0) is 13.1. The second kappa shape index (κ2) is 5.64. The molecule has 1 fully saturated rings. The minimum Gasteiger partial charge on any atom is -0.493 e. The zero-order valence-electron chi connectivity index (χ0n) is 11.3. The van der Waals surface area contributed by atoms with E-state index in [0.717, 1.165) is 24.5 Å². The van der Waals surface area contributed by atoms with Crippen LogP contribution in [0.5, 0.6) is 5.75 Å². The Labute approximate surface area is 114 Å². The number of carbonyl (C=O) groups excluding carboxylic acids is 1.